The molecule has 1 heterocycles. The minimum atomic E-state index is -1.08. The van der Waals surface area contributed by atoms with Gasteiger partial charge in [-0.1, -0.05) is 12.1 Å². The van der Waals surface area contributed by atoms with Crippen molar-refractivity contribution in [3.63, 3.8) is 0 Å². The summed E-state index contributed by atoms with van der Waals surface area (Å²) >= 11 is 1.38. The zero-order valence-corrected chi connectivity index (χ0v) is 20.8. The van der Waals surface area contributed by atoms with Gasteiger partial charge in [0, 0.05) is 10.6 Å². The lowest BCUT2D eigenvalue weighted by atomic mass is 10.1. The van der Waals surface area contributed by atoms with Crippen molar-refractivity contribution in [1.82, 2.24) is 5.32 Å². The van der Waals surface area contributed by atoms with Gasteiger partial charge in [-0.3, -0.25) is 4.79 Å². The predicted octanol–water partition coefficient (Wildman–Crippen LogP) is 4.70. The van der Waals surface area contributed by atoms with E-state index in [9.17, 15) is 19.5 Å². The summed E-state index contributed by atoms with van der Waals surface area (Å²) in [4.78, 5) is 39.8. The lowest BCUT2D eigenvalue weighted by Gasteiger charge is -2.27. The SMILES string of the molecule is CC(C)Oc1ccc(CN2C(=O)[C@@H](NC(=O)OC(C)(C)C)CSc3ccc(C(=O)O)cc32)cc1. The van der Waals surface area contributed by atoms with Crippen molar-refractivity contribution < 1.29 is 29.0 Å². The minimum absolute atomic E-state index is 0.0380. The second-order valence-corrected chi connectivity index (χ2v) is 10.3. The molecular weight excluding hydrogens is 456 g/mol. The van der Waals surface area contributed by atoms with Gasteiger partial charge in [0.25, 0.3) is 5.91 Å². The number of hydrogen-bond donors (Lipinski definition) is 2. The van der Waals surface area contributed by atoms with E-state index in [0.717, 1.165) is 16.2 Å². The third kappa shape index (κ3) is 6.66. The summed E-state index contributed by atoms with van der Waals surface area (Å²) in [6.07, 6.45) is -0.644. The van der Waals surface area contributed by atoms with E-state index in [2.05, 4.69) is 5.32 Å². The molecule has 1 aliphatic heterocycles. The molecule has 34 heavy (non-hydrogen) atoms. The number of carbonyl (C=O) groups excluding carboxylic acids is 2. The summed E-state index contributed by atoms with van der Waals surface area (Å²) in [6, 6.07) is 11.2. The highest BCUT2D eigenvalue weighted by Crippen LogP contribution is 2.36. The van der Waals surface area contributed by atoms with Gasteiger partial charge in [0.2, 0.25) is 0 Å². The maximum Gasteiger partial charge on any atom is 0.408 e. The largest absolute Gasteiger partial charge is 0.491 e. The number of benzene rings is 2. The second kappa shape index (κ2) is 10.4. The van der Waals surface area contributed by atoms with Gasteiger partial charge in [-0.05, 0) is 70.5 Å². The Kier molecular flexibility index (Phi) is 7.76. The number of nitrogens with one attached hydrogen (secondary N) is 1. The number of thioether (sulfide) groups is 1. The first-order chi connectivity index (χ1) is 15.9. The first-order valence-corrected chi connectivity index (χ1v) is 12.0. The molecule has 8 nitrogen and oxygen atoms in total. The number of aromatic carboxylic acids is 1. The van der Waals surface area contributed by atoms with Gasteiger partial charge in [-0.2, -0.15) is 0 Å². The molecule has 0 saturated carbocycles. The molecular formula is C25H30N2O6S. The molecule has 2 amide bonds. The summed E-state index contributed by atoms with van der Waals surface area (Å²) < 4.78 is 11.0. The number of fused-ring (bicyclic) bond motifs is 1. The monoisotopic (exact) mass is 486 g/mol. The number of ether oxygens (including phenoxy) is 2. The van der Waals surface area contributed by atoms with E-state index in [1.54, 1.807) is 26.8 Å². The van der Waals surface area contributed by atoms with Crippen LogP contribution in [-0.2, 0) is 16.1 Å². The summed E-state index contributed by atoms with van der Waals surface area (Å²) in [5.74, 6) is -0.422. The van der Waals surface area contributed by atoms with Gasteiger partial charge in [0.05, 0.1) is 23.9 Å². The molecule has 1 aliphatic rings. The zero-order chi connectivity index (χ0) is 25.0. The molecule has 0 bridgehead atoms. The fraction of sp³-hybridized carbons (Fsp3) is 0.400. The van der Waals surface area contributed by atoms with E-state index in [-0.39, 0.29) is 29.9 Å². The quantitative estimate of drug-likeness (QED) is 0.609. The zero-order valence-electron chi connectivity index (χ0n) is 20.0. The van der Waals surface area contributed by atoms with Crippen LogP contribution in [0.2, 0.25) is 0 Å². The van der Waals surface area contributed by atoms with Gasteiger partial charge in [-0.25, -0.2) is 9.59 Å². The van der Waals surface area contributed by atoms with Crippen molar-refractivity contribution in [1.29, 1.82) is 0 Å². The van der Waals surface area contributed by atoms with Crippen LogP contribution >= 0.6 is 11.8 Å². The number of alkyl carbamates (subject to hydrolysis) is 1. The van der Waals surface area contributed by atoms with Crippen LogP contribution in [0.3, 0.4) is 0 Å². The maximum atomic E-state index is 13.6. The van der Waals surface area contributed by atoms with Crippen molar-refractivity contribution in [2.45, 2.75) is 63.8 Å². The van der Waals surface area contributed by atoms with E-state index in [0.29, 0.717) is 5.69 Å². The Labute approximate surface area is 203 Å². The number of carbonyl (C=O) groups is 3. The van der Waals surface area contributed by atoms with Crippen LogP contribution in [0.15, 0.2) is 47.4 Å². The highest BCUT2D eigenvalue weighted by atomic mass is 32.2. The van der Waals surface area contributed by atoms with Gasteiger partial charge in [0.1, 0.15) is 17.4 Å². The summed E-state index contributed by atoms with van der Waals surface area (Å²) in [7, 11) is 0. The third-order valence-electron chi connectivity index (χ3n) is 4.79. The number of carboxylic acids is 1. The highest BCUT2D eigenvalue weighted by Gasteiger charge is 2.33. The van der Waals surface area contributed by atoms with Crippen LogP contribution in [-0.4, -0.2) is 46.6 Å². The molecule has 2 N–H and O–H groups in total. The lowest BCUT2D eigenvalue weighted by Crippen LogP contribution is -2.50. The van der Waals surface area contributed by atoms with E-state index in [4.69, 9.17) is 9.47 Å². The van der Waals surface area contributed by atoms with Crippen LogP contribution in [0.4, 0.5) is 10.5 Å². The smallest absolute Gasteiger partial charge is 0.408 e. The molecule has 182 valence electrons. The van der Waals surface area contributed by atoms with Crippen molar-refractivity contribution >= 4 is 35.4 Å². The van der Waals surface area contributed by atoms with E-state index in [1.807, 2.05) is 38.1 Å². The Bertz CT molecular complexity index is 1060. The maximum absolute atomic E-state index is 13.6. The van der Waals surface area contributed by atoms with E-state index in [1.165, 1.54) is 28.8 Å². The van der Waals surface area contributed by atoms with Crippen LogP contribution in [0.5, 0.6) is 5.75 Å². The molecule has 0 aliphatic carbocycles. The standard InChI is InChI=1S/C25H30N2O6S/c1-15(2)32-18-9-6-16(7-10-18)13-27-20-12-17(23(29)30)8-11-21(20)34-14-19(22(27)28)26-24(31)33-25(3,4)5/h6-12,15,19H,13-14H2,1-5H3,(H,26,31)(H,29,30)/t19-/m0/s1. The molecule has 0 radical (unpaired) electrons. The van der Waals surface area contributed by atoms with Gasteiger partial charge >= 0.3 is 12.1 Å². The molecule has 1 atom stereocenters. The predicted molar refractivity (Wildman–Crippen MR) is 131 cm³/mol. The van der Waals surface area contributed by atoms with Crippen molar-refractivity contribution in [2.24, 2.45) is 0 Å². The molecule has 0 unspecified atom stereocenters. The van der Waals surface area contributed by atoms with Crippen molar-refractivity contribution in [2.75, 3.05) is 10.7 Å². The molecule has 9 heteroatoms. The van der Waals surface area contributed by atoms with Gasteiger partial charge in [-0.15, -0.1) is 11.8 Å². The summed E-state index contributed by atoms with van der Waals surface area (Å²) in [5, 5.41) is 12.2. The Morgan fingerprint density at radius 1 is 1.18 bits per heavy atom. The number of hydrogen-bond acceptors (Lipinski definition) is 6. The van der Waals surface area contributed by atoms with E-state index >= 15 is 0 Å². The first-order valence-electron chi connectivity index (χ1n) is 11.0. The second-order valence-electron chi connectivity index (χ2n) is 9.23. The van der Waals surface area contributed by atoms with Crippen LogP contribution in [0.1, 0.15) is 50.5 Å². The van der Waals surface area contributed by atoms with Gasteiger partial charge in [0.15, 0.2) is 0 Å². The van der Waals surface area contributed by atoms with E-state index < -0.39 is 23.7 Å². The van der Waals surface area contributed by atoms with Crippen LogP contribution in [0, 0.1) is 0 Å². The lowest BCUT2D eigenvalue weighted by molar-refractivity contribution is -0.120. The third-order valence-corrected chi connectivity index (χ3v) is 5.95. The molecule has 2 aromatic carbocycles. The normalized spacial score (nSPS) is 16.0. The fourth-order valence-electron chi connectivity index (χ4n) is 3.38. The Balaban J connectivity index is 1.92. The fourth-order valence-corrected chi connectivity index (χ4v) is 4.43. The molecule has 0 saturated heterocycles. The number of rotatable bonds is 6. The van der Waals surface area contributed by atoms with Crippen molar-refractivity contribution in [3.05, 3.63) is 53.6 Å². The van der Waals surface area contributed by atoms with Gasteiger partial charge < -0.3 is 24.8 Å². The number of amides is 2. The molecule has 2 aromatic rings. The highest BCUT2D eigenvalue weighted by molar-refractivity contribution is 7.99. The Morgan fingerprint density at radius 2 is 1.85 bits per heavy atom. The van der Waals surface area contributed by atoms with Crippen molar-refractivity contribution in [3.8, 4) is 5.75 Å². The summed E-state index contributed by atoms with van der Waals surface area (Å²) in [6.45, 7) is 9.33. The van der Waals surface area contributed by atoms with Crippen LogP contribution < -0.4 is 15.0 Å². The molecule has 0 aromatic heterocycles. The number of carboxylic acid groups (broad SMARTS) is 1. The molecule has 0 spiro atoms. The van der Waals surface area contributed by atoms with Crippen LogP contribution in [0.25, 0.3) is 0 Å². The average Bonchev–Trinajstić information content (AvgIpc) is 2.85. The first kappa shape index (κ1) is 25.4. The number of anilines is 1. The topological polar surface area (TPSA) is 105 Å². The molecule has 3 rings (SSSR count). The Hall–Kier alpha value is -3.20. The minimum Gasteiger partial charge on any atom is -0.491 e. The Morgan fingerprint density at radius 3 is 2.44 bits per heavy atom. The number of nitrogens with zero attached hydrogens (tertiary/aromatic N) is 1. The average molecular weight is 487 g/mol. The molecule has 0 fully saturated rings. The summed E-state index contributed by atoms with van der Waals surface area (Å²) in [5.41, 5.74) is 0.699.